The van der Waals surface area contributed by atoms with E-state index < -0.39 is 16.1 Å². The van der Waals surface area contributed by atoms with Gasteiger partial charge in [0.15, 0.2) is 0 Å². The van der Waals surface area contributed by atoms with Gasteiger partial charge in [0, 0.05) is 19.3 Å². The van der Waals surface area contributed by atoms with Gasteiger partial charge in [-0.2, -0.15) is 5.10 Å². The predicted octanol–water partition coefficient (Wildman–Crippen LogP) is 0.785. The van der Waals surface area contributed by atoms with Crippen LogP contribution in [0.4, 0.5) is 0 Å². The third-order valence-electron chi connectivity index (χ3n) is 3.07. The fraction of sp³-hybridized carbons (Fsp3) is 0.357. The summed E-state index contributed by atoms with van der Waals surface area (Å²) in [5, 5.41) is 13.8. The van der Waals surface area contributed by atoms with E-state index in [9.17, 15) is 13.5 Å². The summed E-state index contributed by atoms with van der Waals surface area (Å²) in [5.74, 6) is 0. The molecule has 0 aliphatic carbocycles. The molecule has 1 atom stereocenters. The first kappa shape index (κ1) is 15.7. The molecule has 1 heterocycles. The van der Waals surface area contributed by atoms with Crippen molar-refractivity contribution in [3.05, 3.63) is 48.3 Å². The Morgan fingerprint density at radius 1 is 1.33 bits per heavy atom. The van der Waals surface area contributed by atoms with Crippen LogP contribution in [0.25, 0.3) is 0 Å². The standard InChI is InChI=1S/C14H19N3O3S/c1-2-17-11-14(10-15-17)21(19,20)16-9-13(18)8-12-6-4-3-5-7-12/h3-7,10-11,13,16,18H,2,8-9H2,1H3/t13-/m0/s1. The van der Waals surface area contributed by atoms with Gasteiger partial charge in [-0.3, -0.25) is 4.68 Å². The maximum atomic E-state index is 12.0. The highest BCUT2D eigenvalue weighted by molar-refractivity contribution is 7.89. The number of aliphatic hydroxyl groups is 1. The second-order valence-corrected chi connectivity index (χ2v) is 6.49. The SMILES string of the molecule is CCn1cc(S(=O)(=O)NC[C@@H](O)Cc2ccccc2)cn1. The molecule has 0 unspecified atom stereocenters. The molecule has 0 radical (unpaired) electrons. The lowest BCUT2D eigenvalue weighted by molar-refractivity contribution is 0.179. The Balaban J connectivity index is 1.92. The van der Waals surface area contributed by atoms with E-state index >= 15 is 0 Å². The van der Waals surface area contributed by atoms with Gasteiger partial charge < -0.3 is 5.11 Å². The largest absolute Gasteiger partial charge is 0.391 e. The Bertz CT molecular complexity index is 668. The smallest absolute Gasteiger partial charge is 0.243 e. The van der Waals surface area contributed by atoms with Crippen molar-refractivity contribution in [2.24, 2.45) is 0 Å². The minimum absolute atomic E-state index is 0.0332. The zero-order chi connectivity index (χ0) is 15.3. The average molecular weight is 309 g/mol. The zero-order valence-corrected chi connectivity index (χ0v) is 12.6. The normalized spacial score (nSPS) is 13.2. The summed E-state index contributed by atoms with van der Waals surface area (Å²) in [6.07, 6.45) is 2.39. The quantitative estimate of drug-likeness (QED) is 0.792. The van der Waals surface area contributed by atoms with Gasteiger partial charge in [-0.15, -0.1) is 0 Å². The molecule has 2 rings (SSSR count). The molecule has 114 valence electrons. The van der Waals surface area contributed by atoms with E-state index in [1.807, 2.05) is 37.3 Å². The molecule has 0 aliphatic heterocycles. The van der Waals surface area contributed by atoms with Gasteiger partial charge in [0.1, 0.15) is 4.90 Å². The van der Waals surface area contributed by atoms with Crippen LogP contribution in [0.2, 0.25) is 0 Å². The summed E-state index contributed by atoms with van der Waals surface area (Å²) < 4.78 is 28.0. The van der Waals surface area contributed by atoms with Crippen molar-refractivity contribution >= 4 is 10.0 Å². The van der Waals surface area contributed by atoms with E-state index in [2.05, 4.69) is 9.82 Å². The maximum absolute atomic E-state index is 12.0. The van der Waals surface area contributed by atoms with Gasteiger partial charge in [-0.1, -0.05) is 30.3 Å². The second-order valence-electron chi connectivity index (χ2n) is 4.73. The third-order valence-corrected chi connectivity index (χ3v) is 4.45. The van der Waals surface area contributed by atoms with Crippen LogP contribution in [-0.4, -0.2) is 36.0 Å². The van der Waals surface area contributed by atoms with Crippen LogP contribution in [0.3, 0.4) is 0 Å². The Labute approximate surface area is 124 Å². The summed E-state index contributed by atoms with van der Waals surface area (Å²) in [7, 11) is -3.63. The Morgan fingerprint density at radius 2 is 2.05 bits per heavy atom. The fourth-order valence-corrected chi connectivity index (χ4v) is 2.93. The predicted molar refractivity (Wildman–Crippen MR) is 79.2 cm³/mol. The van der Waals surface area contributed by atoms with Gasteiger partial charge in [0.05, 0.1) is 12.3 Å². The van der Waals surface area contributed by atoms with E-state index in [1.54, 1.807) is 0 Å². The molecule has 0 bridgehead atoms. The number of nitrogens with zero attached hydrogens (tertiary/aromatic N) is 2. The summed E-state index contributed by atoms with van der Waals surface area (Å²) in [5.41, 5.74) is 0.961. The highest BCUT2D eigenvalue weighted by Gasteiger charge is 2.17. The summed E-state index contributed by atoms with van der Waals surface area (Å²) in [4.78, 5) is 0.108. The van der Waals surface area contributed by atoms with Crippen molar-refractivity contribution in [3.63, 3.8) is 0 Å². The van der Waals surface area contributed by atoms with Crippen molar-refractivity contribution in [1.29, 1.82) is 0 Å². The summed E-state index contributed by atoms with van der Waals surface area (Å²) in [6.45, 7) is 2.45. The van der Waals surface area contributed by atoms with Crippen LogP contribution in [0, 0.1) is 0 Å². The minimum Gasteiger partial charge on any atom is -0.391 e. The van der Waals surface area contributed by atoms with Crippen LogP contribution in [0.1, 0.15) is 12.5 Å². The molecule has 1 aromatic heterocycles. The average Bonchev–Trinajstić information content (AvgIpc) is 2.96. The Kier molecular flexibility index (Phi) is 5.11. The first-order chi connectivity index (χ1) is 10.0. The molecular weight excluding hydrogens is 290 g/mol. The number of hydrogen-bond acceptors (Lipinski definition) is 4. The fourth-order valence-electron chi connectivity index (χ4n) is 1.90. The van der Waals surface area contributed by atoms with Crippen molar-refractivity contribution < 1.29 is 13.5 Å². The van der Waals surface area contributed by atoms with E-state index in [0.29, 0.717) is 13.0 Å². The molecule has 6 nitrogen and oxygen atoms in total. The van der Waals surface area contributed by atoms with Gasteiger partial charge in [0.2, 0.25) is 10.0 Å². The molecule has 21 heavy (non-hydrogen) atoms. The number of aromatic nitrogens is 2. The van der Waals surface area contributed by atoms with Crippen LogP contribution in [-0.2, 0) is 23.0 Å². The molecule has 7 heteroatoms. The number of sulfonamides is 1. The molecular formula is C14H19N3O3S. The molecule has 0 aliphatic rings. The zero-order valence-electron chi connectivity index (χ0n) is 11.8. The van der Waals surface area contributed by atoms with Crippen LogP contribution >= 0.6 is 0 Å². The first-order valence-electron chi connectivity index (χ1n) is 6.75. The van der Waals surface area contributed by atoms with Crippen LogP contribution in [0.5, 0.6) is 0 Å². The summed E-state index contributed by atoms with van der Waals surface area (Å²) in [6, 6.07) is 9.44. The van der Waals surface area contributed by atoms with Crippen molar-refractivity contribution in [3.8, 4) is 0 Å². The third kappa shape index (κ3) is 4.38. The lowest BCUT2D eigenvalue weighted by Gasteiger charge is -2.11. The van der Waals surface area contributed by atoms with Crippen molar-refractivity contribution in [2.45, 2.75) is 30.9 Å². The van der Waals surface area contributed by atoms with E-state index in [4.69, 9.17) is 0 Å². The lowest BCUT2D eigenvalue weighted by atomic mass is 10.1. The highest BCUT2D eigenvalue weighted by Crippen LogP contribution is 2.08. The molecule has 0 saturated heterocycles. The molecule has 0 saturated carbocycles. The van der Waals surface area contributed by atoms with Gasteiger partial charge in [-0.25, -0.2) is 13.1 Å². The molecule has 0 spiro atoms. The van der Waals surface area contributed by atoms with E-state index in [-0.39, 0.29) is 11.4 Å². The van der Waals surface area contributed by atoms with Gasteiger partial charge in [0.25, 0.3) is 0 Å². The van der Waals surface area contributed by atoms with E-state index in [0.717, 1.165) is 5.56 Å². The number of benzene rings is 1. The lowest BCUT2D eigenvalue weighted by Crippen LogP contribution is -2.33. The number of nitrogens with one attached hydrogen (secondary N) is 1. The minimum atomic E-state index is -3.63. The molecule has 1 aromatic carbocycles. The number of hydrogen-bond donors (Lipinski definition) is 2. The maximum Gasteiger partial charge on any atom is 0.243 e. The van der Waals surface area contributed by atoms with Crippen molar-refractivity contribution in [2.75, 3.05) is 6.54 Å². The van der Waals surface area contributed by atoms with Crippen molar-refractivity contribution in [1.82, 2.24) is 14.5 Å². The molecule has 0 amide bonds. The molecule has 2 N–H and O–H groups in total. The summed E-state index contributed by atoms with van der Waals surface area (Å²) >= 11 is 0. The van der Waals surface area contributed by atoms with Crippen LogP contribution < -0.4 is 4.72 Å². The number of aliphatic hydroxyl groups excluding tert-OH is 1. The number of aryl methyl sites for hydroxylation is 1. The Hall–Kier alpha value is -1.70. The first-order valence-corrected chi connectivity index (χ1v) is 8.23. The highest BCUT2D eigenvalue weighted by atomic mass is 32.2. The molecule has 0 fully saturated rings. The topological polar surface area (TPSA) is 84.2 Å². The monoisotopic (exact) mass is 309 g/mol. The molecule has 2 aromatic rings. The van der Waals surface area contributed by atoms with Gasteiger partial charge >= 0.3 is 0 Å². The Morgan fingerprint density at radius 3 is 2.67 bits per heavy atom. The van der Waals surface area contributed by atoms with Crippen LogP contribution in [0.15, 0.2) is 47.6 Å². The van der Waals surface area contributed by atoms with E-state index in [1.165, 1.54) is 17.1 Å². The number of rotatable bonds is 7. The second kappa shape index (κ2) is 6.84. The van der Waals surface area contributed by atoms with Gasteiger partial charge in [-0.05, 0) is 18.9 Å².